The summed E-state index contributed by atoms with van der Waals surface area (Å²) in [5.41, 5.74) is 0.339. The molecule has 0 radical (unpaired) electrons. The number of hydrogen-bond acceptors (Lipinski definition) is 1. The molecule has 1 aliphatic heterocycles. The lowest BCUT2D eigenvalue weighted by molar-refractivity contribution is -0.130. The van der Waals surface area contributed by atoms with E-state index in [9.17, 15) is 4.79 Å². The second kappa shape index (κ2) is 6.04. The Labute approximate surface area is 108 Å². The molecule has 1 fully saturated rings. The summed E-state index contributed by atoms with van der Waals surface area (Å²) in [6.07, 6.45) is 4.03. The van der Waals surface area contributed by atoms with Crippen LogP contribution in [0.1, 0.15) is 46.5 Å². The minimum atomic E-state index is 0.339. The fourth-order valence-corrected chi connectivity index (χ4v) is 2.64. The zero-order valence-electron chi connectivity index (χ0n) is 10.8. The highest BCUT2D eigenvalue weighted by atomic mass is 79.9. The van der Waals surface area contributed by atoms with Gasteiger partial charge in [-0.1, -0.05) is 36.7 Å². The molecule has 16 heavy (non-hydrogen) atoms. The molecular formula is C13H24BrNO. The van der Waals surface area contributed by atoms with Gasteiger partial charge in [0.25, 0.3) is 0 Å². The van der Waals surface area contributed by atoms with Crippen molar-refractivity contribution >= 4 is 21.8 Å². The van der Waals surface area contributed by atoms with E-state index in [1.807, 2.05) is 4.90 Å². The predicted molar refractivity (Wildman–Crippen MR) is 71.8 cm³/mol. The number of carbonyl (C=O) groups is 1. The van der Waals surface area contributed by atoms with E-state index in [1.165, 1.54) is 0 Å². The van der Waals surface area contributed by atoms with Gasteiger partial charge in [-0.2, -0.15) is 0 Å². The molecular weight excluding hydrogens is 266 g/mol. The van der Waals surface area contributed by atoms with Crippen molar-refractivity contribution in [3.63, 3.8) is 0 Å². The van der Waals surface area contributed by atoms with Gasteiger partial charge in [-0.25, -0.2) is 0 Å². The van der Waals surface area contributed by atoms with E-state index >= 15 is 0 Å². The topological polar surface area (TPSA) is 20.3 Å². The zero-order valence-corrected chi connectivity index (χ0v) is 12.3. The third kappa shape index (κ3) is 4.08. The molecule has 94 valence electrons. The quantitative estimate of drug-likeness (QED) is 0.729. The number of hydrogen-bond donors (Lipinski definition) is 0. The first-order valence-electron chi connectivity index (χ1n) is 6.29. The highest BCUT2D eigenvalue weighted by molar-refractivity contribution is 9.09. The number of alkyl halides is 1. The molecule has 0 aromatic heterocycles. The SMILES string of the molecule is CC(C)(C)C1CCC(=O)N(CCCBr)CC1. The molecule has 1 amide bonds. The van der Waals surface area contributed by atoms with Crippen molar-refractivity contribution in [3.8, 4) is 0 Å². The lowest BCUT2D eigenvalue weighted by Gasteiger charge is -2.29. The summed E-state index contributed by atoms with van der Waals surface area (Å²) in [5, 5.41) is 0.986. The molecule has 2 nitrogen and oxygen atoms in total. The van der Waals surface area contributed by atoms with Gasteiger partial charge in [0, 0.05) is 24.8 Å². The maximum absolute atomic E-state index is 11.9. The van der Waals surface area contributed by atoms with Crippen molar-refractivity contribution < 1.29 is 4.79 Å². The van der Waals surface area contributed by atoms with Crippen molar-refractivity contribution in [2.24, 2.45) is 11.3 Å². The third-order valence-electron chi connectivity index (χ3n) is 3.59. The second-order valence-electron chi connectivity index (χ2n) is 5.81. The van der Waals surface area contributed by atoms with Crippen molar-refractivity contribution in [1.29, 1.82) is 0 Å². The fourth-order valence-electron chi connectivity index (χ4n) is 2.39. The number of likely N-dealkylation sites (tertiary alicyclic amines) is 1. The van der Waals surface area contributed by atoms with Crippen LogP contribution >= 0.6 is 15.9 Å². The van der Waals surface area contributed by atoms with E-state index in [4.69, 9.17) is 0 Å². The van der Waals surface area contributed by atoms with Gasteiger partial charge < -0.3 is 4.90 Å². The molecule has 0 aromatic carbocycles. The Kier molecular flexibility index (Phi) is 5.29. The van der Waals surface area contributed by atoms with Gasteiger partial charge in [0.05, 0.1) is 0 Å². The molecule has 0 spiro atoms. The van der Waals surface area contributed by atoms with Crippen molar-refractivity contribution in [2.75, 3.05) is 18.4 Å². The van der Waals surface area contributed by atoms with Crippen LogP contribution in [0.15, 0.2) is 0 Å². The number of nitrogens with zero attached hydrogens (tertiary/aromatic N) is 1. The summed E-state index contributed by atoms with van der Waals surface area (Å²) < 4.78 is 0. The molecule has 1 unspecified atom stereocenters. The highest BCUT2D eigenvalue weighted by Gasteiger charge is 2.29. The molecule has 0 saturated carbocycles. The van der Waals surface area contributed by atoms with Crippen LogP contribution in [-0.2, 0) is 4.79 Å². The normalized spacial score (nSPS) is 23.4. The molecule has 0 bridgehead atoms. The van der Waals surface area contributed by atoms with E-state index in [1.54, 1.807) is 0 Å². The Bertz CT molecular complexity index is 235. The van der Waals surface area contributed by atoms with Crippen molar-refractivity contribution in [2.45, 2.75) is 46.5 Å². The van der Waals surface area contributed by atoms with Crippen LogP contribution in [0.3, 0.4) is 0 Å². The van der Waals surface area contributed by atoms with Crippen LogP contribution in [0.4, 0.5) is 0 Å². The molecule has 0 N–H and O–H groups in total. The number of rotatable bonds is 3. The summed E-state index contributed by atoms with van der Waals surface area (Å²) >= 11 is 3.42. The molecule has 1 heterocycles. The largest absolute Gasteiger partial charge is 0.343 e. The predicted octanol–water partition coefficient (Wildman–Crippen LogP) is 3.45. The zero-order chi connectivity index (χ0) is 12.2. The van der Waals surface area contributed by atoms with E-state index < -0.39 is 0 Å². The maximum Gasteiger partial charge on any atom is 0.222 e. The minimum Gasteiger partial charge on any atom is -0.343 e. The maximum atomic E-state index is 11.9. The number of halogens is 1. The Morgan fingerprint density at radius 1 is 1.38 bits per heavy atom. The summed E-state index contributed by atoms with van der Waals surface area (Å²) in [6.45, 7) is 8.73. The van der Waals surface area contributed by atoms with E-state index in [0.717, 1.165) is 44.1 Å². The summed E-state index contributed by atoms with van der Waals surface area (Å²) in [4.78, 5) is 14.0. The summed E-state index contributed by atoms with van der Waals surface area (Å²) in [7, 11) is 0. The molecule has 0 aromatic rings. The van der Waals surface area contributed by atoms with Gasteiger partial charge >= 0.3 is 0 Å². The Hall–Kier alpha value is -0.0500. The molecule has 0 aliphatic carbocycles. The van der Waals surface area contributed by atoms with Gasteiger partial charge in [-0.3, -0.25) is 4.79 Å². The fraction of sp³-hybridized carbons (Fsp3) is 0.923. The standard InChI is InChI=1S/C13H24BrNO/c1-13(2,3)11-5-6-12(16)15(10-7-11)9-4-8-14/h11H,4-10H2,1-3H3. The Balaban J connectivity index is 2.52. The first-order valence-corrected chi connectivity index (χ1v) is 7.41. The van der Waals surface area contributed by atoms with Crippen molar-refractivity contribution in [1.82, 2.24) is 4.90 Å². The van der Waals surface area contributed by atoms with E-state index in [0.29, 0.717) is 17.2 Å². The first-order chi connectivity index (χ1) is 7.45. The van der Waals surface area contributed by atoms with Gasteiger partial charge in [-0.15, -0.1) is 0 Å². The molecule has 1 aliphatic rings. The van der Waals surface area contributed by atoms with E-state index in [2.05, 4.69) is 36.7 Å². The summed E-state index contributed by atoms with van der Waals surface area (Å²) in [6, 6.07) is 0. The first kappa shape index (κ1) is 14.0. The lowest BCUT2D eigenvalue weighted by atomic mass is 9.77. The van der Waals surface area contributed by atoms with Crippen LogP contribution in [0.2, 0.25) is 0 Å². The van der Waals surface area contributed by atoms with Crippen molar-refractivity contribution in [3.05, 3.63) is 0 Å². The molecule has 1 atom stereocenters. The van der Waals surface area contributed by atoms with Gasteiger partial charge in [-0.05, 0) is 30.6 Å². The number of carbonyl (C=O) groups excluding carboxylic acids is 1. The van der Waals surface area contributed by atoms with Gasteiger partial charge in [0.2, 0.25) is 5.91 Å². The molecule has 3 heteroatoms. The van der Waals surface area contributed by atoms with Crippen LogP contribution in [0, 0.1) is 11.3 Å². The second-order valence-corrected chi connectivity index (χ2v) is 6.61. The summed E-state index contributed by atoms with van der Waals surface area (Å²) in [5.74, 6) is 1.04. The number of amides is 1. The minimum absolute atomic E-state index is 0.339. The average Bonchev–Trinajstić information content (AvgIpc) is 2.37. The van der Waals surface area contributed by atoms with Crippen LogP contribution in [0.5, 0.6) is 0 Å². The Morgan fingerprint density at radius 3 is 2.62 bits per heavy atom. The van der Waals surface area contributed by atoms with Gasteiger partial charge in [0.1, 0.15) is 0 Å². The van der Waals surface area contributed by atoms with Gasteiger partial charge in [0.15, 0.2) is 0 Å². The monoisotopic (exact) mass is 289 g/mol. The smallest absolute Gasteiger partial charge is 0.222 e. The van der Waals surface area contributed by atoms with Crippen LogP contribution in [-0.4, -0.2) is 29.2 Å². The Morgan fingerprint density at radius 2 is 2.06 bits per heavy atom. The van der Waals surface area contributed by atoms with E-state index in [-0.39, 0.29) is 0 Å². The average molecular weight is 290 g/mol. The molecule has 1 rings (SSSR count). The van der Waals surface area contributed by atoms with Crippen LogP contribution < -0.4 is 0 Å². The third-order valence-corrected chi connectivity index (χ3v) is 4.15. The van der Waals surface area contributed by atoms with Crippen LogP contribution in [0.25, 0.3) is 0 Å². The molecule has 1 saturated heterocycles. The highest BCUT2D eigenvalue weighted by Crippen LogP contribution is 2.34. The lowest BCUT2D eigenvalue weighted by Crippen LogP contribution is -2.31.